The van der Waals surface area contributed by atoms with Crippen LogP contribution in [0.15, 0.2) is 22.7 Å². The normalized spacial score (nSPS) is 13.3. The summed E-state index contributed by atoms with van der Waals surface area (Å²) in [6.45, 7) is -0.629. The van der Waals surface area contributed by atoms with Crippen molar-refractivity contribution in [3.8, 4) is 5.75 Å². The van der Waals surface area contributed by atoms with Crippen LogP contribution in [-0.4, -0.2) is 31.0 Å². The number of hydrogen-bond donors (Lipinski definition) is 2. The average molecular weight is 314 g/mol. The summed E-state index contributed by atoms with van der Waals surface area (Å²) in [5, 5.41) is 11.3. The van der Waals surface area contributed by atoms with Gasteiger partial charge in [0.15, 0.2) is 6.10 Å². The molecule has 0 heterocycles. The fraction of sp³-hybridized carbons (Fsp3) is 0.400. The van der Waals surface area contributed by atoms with E-state index in [9.17, 15) is 13.2 Å². The second-order valence-electron chi connectivity index (χ2n) is 3.28. The molecule has 0 aromatic heterocycles. The van der Waals surface area contributed by atoms with E-state index < -0.39 is 18.8 Å². The van der Waals surface area contributed by atoms with Crippen molar-refractivity contribution in [2.24, 2.45) is 0 Å². The highest BCUT2D eigenvalue weighted by molar-refractivity contribution is 9.10. The molecule has 17 heavy (non-hydrogen) atoms. The molecule has 0 aliphatic heterocycles. The molecule has 1 atom stereocenters. The predicted octanol–water partition coefficient (Wildman–Crippen LogP) is 2.79. The average Bonchev–Trinajstić information content (AvgIpc) is 2.24. The minimum Gasteiger partial charge on any atom is -0.495 e. The molecule has 1 unspecified atom stereocenters. The monoisotopic (exact) mass is 313 g/mol. The Labute approximate surface area is 105 Å². The Morgan fingerprint density at radius 3 is 2.65 bits per heavy atom. The Kier molecular flexibility index (Phi) is 4.64. The number of aliphatic hydroxyl groups excluding tert-OH is 1. The van der Waals surface area contributed by atoms with Crippen LogP contribution in [0.1, 0.15) is 0 Å². The third-order valence-electron chi connectivity index (χ3n) is 2.03. The lowest BCUT2D eigenvalue weighted by molar-refractivity contribution is -0.198. The van der Waals surface area contributed by atoms with Gasteiger partial charge in [0, 0.05) is 11.0 Å². The van der Waals surface area contributed by atoms with Gasteiger partial charge in [-0.15, -0.1) is 0 Å². The molecule has 0 fully saturated rings. The van der Waals surface area contributed by atoms with Crippen molar-refractivity contribution in [1.29, 1.82) is 0 Å². The number of benzene rings is 1. The zero-order chi connectivity index (χ0) is 13.1. The molecule has 96 valence electrons. The fourth-order valence-electron chi connectivity index (χ4n) is 1.14. The van der Waals surface area contributed by atoms with E-state index in [2.05, 4.69) is 21.2 Å². The maximum Gasteiger partial charge on any atom is 0.416 e. The van der Waals surface area contributed by atoms with Gasteiger partial charge >= 0.3 is 6.18 Å². The van der Waals surface area contributed by atoms with E-state index in [-0.39, 0.29) is 0 Å². The molecule has 0 aliphatic carbocycles. The summed E-state index contributed by atoms with van der Waals surface area (Å²) in [5.74, 6) is 0.405. The number of hydrogen-bond acceptors (Lipinski definition) is 3. The lowest BCUT2D eigenvalue weighted by Gasteiger charge is -2.17. The van der Waals surface area contributed by atoms with Gasteiger partial charge in [0.05, 0.1) is 12.8 Å². The van der Waals surface area contributed by atoms with E-state index in [4.69, 9.17) is 9.84 Å². The van der Waals surface area contributed by atoms with E-state index in [0.717, 1.165) is 0 Å². The molecule has 0 saturated carbocycles. The molecule has 1 rings (SSSR count). The third kappa shape index (κ3) is 4.08. The first kappa shape index (κ1) is 14.1. The van der Waals surface area contributed by atoms with Crippen LogP contribution in [0.2, 0.25) is 0 Å². The maximum absolute atomic E-state index is 12.1. The van der Waals surface area contributed by atoms with Crippen molar-refractivity contribution in [3.63, 3.8) is 0 Å². The van der Waals surface area contributed by atoms with Gasteiger partial charge in [0.1, 0.15) is 5.75 Å². The number of ether oxygens (including phenoxy) is 1. The quantitative estimate of drug-likeness (QED) is 0.898. The number of aliphatic hydroxyl groups is 1. The number of nitrogens with one attached hydrogen (secondary N) is 1. The number of rotatable bonds is 4. The predicted molar refractivity (Wildman–Crippen MR) is 61.2 cm³/mol. The highest BCUT2D eigenvalue weighted by Gasteiger charge is 2.37. The fourth-order valence-corrected chi connectivity index (χ4v) is 1.50. The van der Waals surface area contributed by atoms with Crippen molar-refractivity contribution in [2.45, 2.75) is 12.3 Å². The van der Waals surface area contributed by atoms with Gasteiger partial charge in [-0.1, -0.05) is 15.9 Å². The largest absolute Gasteiger partial charge is 0.495 e. The first-order chi connectivity index (χ1) is 7.84. The van der Waals surface area contributed by atoms with Gasteiger partial charge in [-0.25, -0.2) is 0 Å². The van der Waals surface area contributed by atoms with Crippen LogP contribution in [0.3, 0.4) is 0 Å². The van der Waals surface area contributed by atoms with E-state index in [0.29, 0.717) is 15.9 Å². The van der Waals surface area contributed by atoms with Gasteiger partial charge < -0.3 is 15.2 Å². The molecule has 0 saturated heterocycles. The van der Waals surface area contributed by atoms with E-state index in [1.54, 1.807) is 18.2 Å². The molecule has 0 bridgehead atoms. The van der Waals surface area contributed by atoms with Crippen molar-refractivity contribution >= 4 is 21.6 Å². The van der Waals surface area contributed by atoms with Crippen LogP contribution in [0, 0.1) is 0 Å². The second kappa shape index (κ2) is 5.59. The molecule has 1 aromatic rings. The first-order valence-electron chi connectivity index (χ1n) is 4.67. The van der Waals surface area contributed by atoms with Crippen LogP contribution in [-0.2, 0) is 0 Å². The topological polar surface area (TPSA) is 41.5 Å². The number of anilines is 1. The zero-order valence-corrected chi connectivity index (χ0v) is 10.5. The minimum absolute atomic E-state index is 0.380. The van der Waals surface area contributed by atoms with Gasteiger partial charge in [0.25, 0.3) is 0 Å². The van der Waals surface area contributed by atoms with E-state index in [1.807, 2.05) is 0 Å². The summed E-state index contributed by atoms with van der Waals surface area (Å²) in [5.41, 5.74) is 0.380. The van der Waals surface area contributed by atoms with Gasteiger partial charge in [-0.3, -0.25) is 0 Å². The summed E-state index contributed by atoms with van der Waals surface area (Å²) in [4.78, 5) is 0. The number of halogens is 4. The number of alkyl halides is 3. The molecule has 0 amide bonds. The molecule has 0 aliphatic rings. The Balaban J connectivity index is 2.72. The lowest BCUT2D eigenvalue weighted by Crippen LogP contribution is -2.35. The Hall–Kier alpha value is -0.950. The van der Waals surface area contributed by atoms with Gasteiger partial charge in [-0.05, 0) is 18.2 Å². The second-order valence-corrected chi connectivity index (χ2v) is 4.20. The zero-order valence-electron chi connectivity index (χ0n) is 8.88. The molecule has 1 aromatic carbocycles. The summed E-state index contributed by atoms with van der Waals surface area (Å²) in [7, 11) is 1.41. The summed E-state index contributed by atoms with van der Waals surface area (Å²) >= 11 is 3.19. The van der Waals surface area contributed by atoms with E-state index in [1.165, 1.54) is 7.11 Å². The van der Waals surface area contributed by atoms with Gasteiger partial charge in [-0.2, -0.15) is 13.2 Å². The van der Waals surface area contributed by atoms with Crippen LogP contribution < -0.4 is 10.1 Å². The SMILES string of the molecule is COc1ccc(Br)cc1NCC(O)C(F)(F)F. The van der Waals surface area contributed by atoms with Crippen LogP contribution in [0.25, 0.3) is 0 Å². The highest BCUT2D eigenvalue weighted by atomic mass is 79.9. The smallest absolute Gasteiger partial charge is 0.416 e. The third-order valence-corrected chi connectivity index (χ3v) is 2.52. The van der Waals surface area contributed by atoms with Gasteiger partial charge in [0.2, 0.25) is 0 Å². The lowest BCUT2D eigenvalue weighted by atomic mass is 10.2. The van der Waals surface area contributed by atoms with Crippen molar-refractivity contribution in [1.82, 2.24) is 0 Å². The Morgan fingerprint density at radius 2 is 2.12 bits per heavy atom. The standard InChI is InChI=1S/C10H11BrF3NO2/c1-17-8-3-2-6(11)4-7(8)15-5-9(16)10(12,13)14/h2-4,9,15-16H,5H2,1H3. The van der Waals surface area contributed by atoms with Crippen molar-refractivity contribution in [2.75, 3.05) is 19.0 Å². The summed E-state index contributed by atoms with van der Waals surface area (Å²) in [6, 6.07) is 4.87. The maximum atomic E-state index is 12.1. The molecule has 7 heteroatoms. The Morgan fingerprint density at radius 1 is 1.47 bits per heavy atom. The minimum atomic E-state index is -4.63. The Bertz CT molecular complexity index is 384. The van der Waals surface area contributed by atoms with Crippen molar-refractivity contribution < 1.29 is 23.0 Å². The molecule has 3 nitrogen and oxygen atoms in total. The van der Waals surface area contributed by atoms with Crippen molar-refractivity contribution in [3.05, 3.63) is 22.7 Å². The molecule has 0 spiro atoms. The molecule has 2 N–H and O–H groups in total. The molecular weight excluding hydrogens is 303 g/mol. The van der Waals surface area contributed by atoms with E-state index >= 15 is 0 Å². The highest BCUT2D eigenvalue weighted by Crippen LogP contribution is 2.28. The first-order valence-corrected chi connectivity index (χ1v) is 5.46. The molecule has 0 radical (unpaired) electrons. The van der Waals surface area contributed by atoms with Crippen LogP contribution in [0.4, 0.5) is 18.9 Å². The summed E-state index contributed by atoms with van der Waals surface area (Å²) < 4.78 is 41.9. The van der Waals surface area contributed by atoms with Crippen LogP contribution >= 0.6 is 15.9 Å². The summed E-state index contributed by atoms with van der Waals surface area (Å²) in [6.07, 6.45) is -7.04. The van der Waals surface area contributed by atoms with Crippen LogP contribution in [0.5, 0.6) is 5.75 Å². The number of methoxy groups -OCH3 is 1. The molecular formula is C10H11BrF3NO2.